The van der Waals surface area contributed by atoms with Crippen LogP contribution in [-0.2, 0) is 0 Å². The lowest BCUT2D eigenvalue weighted by Crippen LogP contribution is -2.36. The Bertz CT molecular complexity index is 856. The van der Waals surface area contributed by atoms with Crippen LogP contribution in [0.5, 0.6) is 0 Å². The van der Waals surface area contributed by atoms with Crippen LogP contribution >= 0.6 is 0 Å². The molecule has 2 heterocycles. The van der Waals surface area contributed by atoms with Gasteiger partial charge in [0.15, 0.2) is 11.7 Å². The molecular weight excluding hydrogens is 376 g/mol. The predicted octanol–water partition coefficient (Wildman–Crippen LogP) is 4.35. The molecule has 4 rings (SSSR count). The molecule has 1 amide bonds. The summed E-state index contributed by atoms with van der Waals surface area (Å²) in [6.07, 6.45) is -1.03. The van der Waals surface area contributed by atoms with Gasteiger partial charge in [-0.1, -0.05) is 25.0 Å². The second-order valence-electron chi connectivity index (χ2n) is 7.36. The number of carbonyl (C=O) groups is 1. The van der Waals surface area contributed by atoms with Crippen molar-refractivity contribution in [2.45, 2.75) is 56.4 Å². The number of aromatic nitrogens is 2. The van der Waals surface area contributed by atoms with E-state index in [0.717, 1.165) is 30.4 Å². The van der Waals surface area contributed by atoms with Crippen molar-refractivity contribution in [1.82, 2.24) is 15.1 Å². The van der Waals surface area contributed by atoms with Gasteiger partial charge in [0.05, 0.1) is 6.04 Å². The number of benzene rings is 1. The van der Waals surface area contributed by atoms with Crippen molar-refractivity contribution in [2.75, 3.05) is 5.32 Å². The Hall–Kier alpha value is -2.58. The lowest BCUT2D eigenvalue weighted by atomic mass is 9.97. The molecule has 1 aliphatic heterocycles. The first kappa shape index (κ1) is 18.8. The highest BCUT2D eigenvalue weighted by Crippen LogP contribution is 2.43. The number of nitrogens with zero attached hydrogens (tertiary/aromatic N) is 2. The number of carbonyl (C=O) groups excluding carboxylic acids is 1. The van der Waals surface area contributed by atoms with Gasteiger partial charge < -0.3 is 10.6 Å². The number of fused-ring (bicyclic) bond motifs is 1. The summed E-state index contributed by atoms with van der Waals surface area (Å²) in [6.45, 7) is 0. The number of alkyl halides is 3. The molecule has 1 saturated carbocycles. The van der Waals surface area contributed by atoms with E-state index in [2.05, 4.69) is 15.7 Å². The maximum Gasteiger partial charge on any atom is 0.410 e. The van der Waals surface area contributed by atoms with E-state index in [1.54, 1.807) is 0 Å². The van der Waals surface area contributed by atoms with Crippen molar-refractivity contribution in [3.8, 4) is 0 Å². The van der Waals surface area contributed by atoms with E-state index in [-0.39, 0.29) is 24.0 Å². The van der Waals surface area contributed by atoms with Crippen LogP contribution in [0.4, 0.5) is 23.4 Å². The van der Waals surface area contributed by atoms with Crippen LogP contribution in [-0.4, -0.2) is 27.9 Å². The lowest BCUT2D eigenvalue weighted by molar-refractivity contribution is -0.173. The molecule has 5 nitrogen and oxygen atoms in total. The molecule has 0 bridgehead atoms. The van der Waals surface area contributed by atoms with Crippen molar-refractivity contribution in [3.05, 3.63) is 47.4 Å². The lowest BCUT2D eigenvalue weighted by Gasteiger charge is -2.33. The van der Waals surface area contributed by atoms with Crippen LogP contribution in [0.25, 0.3) is 0 Å². The molecule has 150 valence electrons. The zero-order chi connectivity index (χ0) is 19.9. The number of halogens is 4. The van der Waals surface area contributed by atoms with E-state index in [4.69, 9.17) is 0 Å². The Morgan fingerprint density at radius 1 is 1.18 bits per heavy atom. The molecule has 0 saturated heterocycles. The van der Waals surface area contributed by atoms with Gasteiger partial charge in [-0.2, -0.15) is 18.3 Å². The van der Waals surface area contributed by atoms with Crippen LogP contribution in [0.15, 0.2) is 30.3 Å². The van der Waals surface area contributed by atoms with E-state index in [1.165, 1.54) is 30.3 Å². The molecule has 2 N–H and O–H groups in total. The van der Waals surface area contributed by atoms with Gasteiger partial charge in [0, 0.05) is 18.5 Å². The molecule has 2 aliphatic rings. The number of rotatable bonds is 3. The summed E-state index contributed by atoms with van der Waals surface area (Å²) < 4.78 is 55.0. The van der Waals surface area contributed by atoms with Crippen LogP contribution in [0.3, 0.4) is 0 Å². The van der Waals surface area contributed by atoms with Gasteiger partial charge in [-0.05, 0) is 30.5 Å². The first-order valence-electron chi connectivity index (χ1n) is 9.30. The van der Waals surface area contributed by atoms with E-state index in [0.29, 0.717) is 5.56 Å². The summed E-state index contributed by atoms with van der Waals surface area (Å²) in [5.74, 6) is -0.794. The maximum absolute atomic E-state index is 13.7. The van der Waals surface area contributed by atoms with Crippen molar-refractivity contribution in [1.29, 1.82) is 0 Å². The normalized spacial score (nSPS) is 22.6. The first-order chi connectivity index (χ1) is 13.3. The molecule has 1 aromatic heterocycles. The van der Waals surface area contributed by atoms with E-state index >= 15 is 0 Å². The first-order valence-corrected chi connectivity index (χ1v) is 9.30. The van der Waals surface area contributed by atoms with Gasteiger partial charge in [-0.25, -0.2) is 9.07 Å². The number of hydrogen-bond donors (Lipinski definition) is 2. The molecule has 1 aromatic carbocycles. The van der Waals surface area contributed by atoms with Gasteiger partial charge in [0.2, 0.25) is 0 Å². The summed E-state index contributed by atoms with van der Waals surface area (Å²) >= 11 is 0. The van der Waals surface area contributed by atoms with Crippen LogP contribution < -0.4 is 10.6 Å². The van der Waals surface area contributed by atoms with Crippen LogP contribution in [0.1, 0.15) is 60.2 Å². The molecule has 2 atom stereocenters. The Balaban J connectivity index is 1.62. The highest BCUT2D eigenvalue weighted by molar-refractivity contribution is 5.93. The zero-order valence-electron chi connectivity index (χ0n) is 15.0. The topological polar surface area (TPSA) is 59.0 Å². The molecule has 28 heavy (non-hydrogen) atoms. The van der Waals surface area contributed by atoms with E-state index < -0.39 is 30.0 Å². The summed E-state index contributed by atoms with van der Waals surface area (Å²) in [5, 5.41) is 9.79. The van der Waals surface area contributed by atoms with Gasteiger partial charge >= 0.3 is 6.18 Å². The van der Waals surface area contributed by atoms with Gasteiger partial charge in [-0.3, -0.25) is 4.79 Å². The van der Waals surface area contributed by atoms with Gasteiger partial charge in [0.1, 0.15) is 11.6 Å². The van der Waals surface area contributed by atoms with Gasteiger partial charge in [0.25, 0.3) is 5.91 Å². The maximum atomic E-state index is 13.7. The van der Waals surface area contributed by atoms with Crippen molar-refractivity contribution >= 4 is 11.7 Å². The zero-order valence-corrected chi connectivity index (χ0v) is 15.0. The SMILES string of the molecule is O=C(NC1CCCC1)c1cc2n(n1)[C@H](C(F)(F)F)C[C@@H](c1ccc(F)cc1)N2. The fourth-order valence-corrected chi connectivity index (χ4v) is 3.93. The van der Waals surface area contributed by atoms with Crippen LogP contribution in [0.2, 0.25) is 0 Å². The molecule has 0 unspecified atom stereocenters. The number of nitrogens with one attached hydrogen (secondary N) is 2. The summed E-state index contributed by atoms with van der Waals surface area (Å²) in [5.41, 5.74) is 0.503. The average Bonchev–Trinajstić information content (AvgIpc) is 3.29. The predicted molar refractivity (Wildman–Crippen MR) is 94.4 cm³/mol. The average molecular weight is 396 g/mol. The fourth-order valence-electron chi connectivity index (χ4n) is 3.93. The summed E-state index contributed by atoms with van der Waals surface area (Å²) in [4.78, 5) is 12.4. The minimum absolute atomic E-state index is 0.0385. The Labute approximate surface area is 159 Å². The summed E-state index contributed by atoms with van der Waals surface area (Å²) in [7, 11) is 0. The largest absolute Gasteiger partial charge is 0.410 e. The monoisotopic (exact) mass is 396 g/mol. The summed E-state index contributed by atoms with van der Waals surface area (Å²) in [6, 6.07) is 4.20. The molecule has 2 aromatic rings. The minimum Gasteiger partial charge on any atom is -0.363 e. The fraction of sp³-hybridized carbons (Fsp3) is 0.474. The third-order valence-electron chi connectivity index (χ3n) is 5.39. The number of anilines is 1. The van der Waals surface area contributed by atoms with Crippen molar-refractivity contribution in [3.63, 3.8) is 0 Å². The molecule has 0 spiro atoms. The molecule has 1 aliphatic carbocycles. The smallest absolute Gasteiger partial charge is 0.363 e. The third kappa shape index (κ3) is 3.70. The second kappa shape index (κ2) is 7.10. The highest BCUT2D eigenvalue weighted by Gasteiger charge is 2.46. The molecular formula is C19H20F4N4O. The Morgan fingerprint density at radius 3 is 2.50 bits per heavy atom. The van der Waals surface area contributed by atoms with Crippen molar-refractivity contribution in [2.24, 2.45) is 0 Å². The molecule has 9 heteroatoms. The minimum atomic E-state index is -4.53. The molecule has 0 radical (unpaired) electrons. The number of hydrogen-bond acceptors (Lipinski definition) is 3. The Morgan fingerprint density at radius 2 is 1.86 bits per heavy atom. The quantitative estimate of drug-likeness (QED) is 0.759. The third-order valence-corrected chi connectivity index (χ3v) is 5.39. The van der Waals surface area contributed by atoms with Crippen LogP contribution in [0, 0.1) is 5.82 Å². The van der Waals surface area contributed by atoms with Gasteiger partial charge in [-0.15, -0.1) is 0 Å². The second-order valence-corrected chi connectivity index (χ2v) is 7.36. The van der Waals surface area contributed by atoms with Crippen molar-refractivity contribution < 1.29 is 22.4 Å². The highest BCUT2D eigenvalue weighted by atomic mass is 19.4. The van der Waals surface area contributed by atoms with E-state index in [1.807, 2.05) is 0 Å². The molecule has 1 fully saturated rings. The number of amides is 1. The Kier molecular flexibility index (Phi) is 4.76. The van der Waals surface area contributed by atoms with E-state index in [9.17, 15) is 22.4 Å². The standard InChI is InChI=1S/C19H20F4N4O/c20-12-7-5-11(6-8-12)14-9-16(19(21,22)23)27-17(25-14)10-15(26-27)18(28)24-13-3-1-2-4-13/h5-8,10,13-14,16,25H,1-4,9H2,(H,24,28)/t14-,16-/m0/s1.